The molecule has 0 aromatic carbocycles. The fourth-order valence-electron chi connectivity index (χ4n) is 1.19. The van der Waals surface area contributed by atoms with Crippen molar-refractivity contribution in [3.8, 4) is 0 Å². The van der Waals surface area contributed by atoms with Crippen LogP contribution in [0.3, 0.4) is 0 Å². The lowest BCUT2D eigenvalue weighted by Crippen LogP contribution is -1.82. The van der Waals surface area contributed by atoms with E-state index in [1.165, 1.54) is 11.1 Å². The van der Waals surface area contributed by atoms with Crippen molar-refractivity contribution in [2.45, 2.75) is 20.3 Å². The van der Waals surface area contributed by atoms with Crippen LogP contribution in [0.2, 0.25) is 0 Å². The van der Waals surface area contributed by atoms with Crippen LogP contribution in [-0.2, 0) is 0 Å². The van der Waals surface area contributed by atoms with Gasteiger partial charge in [0.25, 0.3) is 0 Å². The Morgan fingerprint density at radius 3 is 2.20 bits per heavy atom. The molecule has 0 rings (SSSR count). The van der Waals surface area contributed by atoms with Gasteiger partial charge in [-0.2, -0.15) is 0 Å². The fraction of sp³-hybridized carbons (Fsp3) is 0.200. The van der Waals surface area contributed by atoms with Gasteiger partial charge >= 0.3 is 0 Å². The molecule has 0 aliphatic rings. The first-order chi connectivity index (χ1) is 7.28. The lowest BCUT2D eigenvalue weighted by Gasteiger charge is -2.02. The molecular weight excluding hydrogens is 180 g/mol. The zero-order valence-corrected chi connectivity index (χ0v) is 9.74. The van der Waals surface area contributed by atoms with Gasteiger partial charge in [0.05, 0.1) is 0 Å². The minimum atomic E-state index is 0.893. The minimum absolute atomic E-state index is 0.893. The van der Waals surface area contributed by atoms with Crippen LogP contribution in [0.25, 0.3) is 0 Å². The lowest BCUT2D eigenvalue weighted by atomic mass is 10.0. The Morgan fingerprint density at radius 1 is 1.00 bits per heavy atom. The van der Waals surface area contributed by atoms with Gasteiger partial charge in [-0.3, -0.25) is 0 Å². The number of rotatable bonds is 6. The Balaban J connectivity index is 4.70. The largest absolute Gasteiger partial charge is 0.0991 e. The van der Waals surface area contributed by atoms with Gasteiger partial charge < -0.3 is 0 Å². The van der Waals surface area contributed by atoms with Crippen molar-refractivity contribution in [2.75, 3.05) is 0 Å². The van der Waals surface area contributed by atoms with E-state index in [-0.39, 0.29) is 0 Å². The van der Waals surface area contributed by atoms with Gasteiger partial charge in [0.1, 0.15) is 0 Å². The standard InChI is InChI=1S/C15H20/c1-5-9-12-14(8-4)13-15(10-6-2)11-7-3/h5-12H,2,4,13H2,1,3H3/b9-5-,11-7-,14-12+,15-10+. The molecule has 0 N–H and O–H groups in total. The molecule has 0 saturated heterocycles. The summed E-state index contributed by atoms with van der Waals surface area (Å²) in [6.45, 7) is 11.5. The van der Waals surface area contributed by atoms with Crippen molar-refractivity contribution in [2.24, 2.45) is 0 Å². The van der Waals surface area contributed by atoms with E-state index >= 15 is 0 Å². The topological polar surface area (TPSA) is 0 Å². The third kappa shape index (κ3) is 6.50. The SMILES string of the molecule is C=C/C=C(\C=C/C)C/C(C=C)=C/C=C\C. The predicted molar refractivity (Wildman–Crippen MR) is 70.8 cm³/mol. The molecule has 0 aromatic rings. The highest BCUT2D eigenvalue weighted by atomic mass is 14.0. The maximum absolute atomic E-state index is 3.81. The van der Waals surface area contributed by atoms with Crippen molar-refractivity contribution >= 4 is 0 Å². The normalized spacial score (nSPS) is 13.7. The van der Waals surface area contributed by atoms with E-state index in [2.05, 4.69) is 25.3 Å². The van der Waals surface area contributed by atoms with Crippen LogP contribution in [0.1, 0.15) is 20.3 Å². The average Bonchev–Trinajstić information content (AvgIpc) is 2.24. The smallest absolute Gasteiger partial charge is 0.00261 e. The number of hydrogen-bond acceptors (Lipinski definition) is 0. The summed E-state index contributed by atoms with van der Waals surface area (Å²) in [5.41, 5.74) is 2.45. The zero-order valence-electron chi connectivity index (χ0n) is 9.74. The maximum atomic E-state index is 3.81. The Labute approximate surface area is 93.7 Å². The highest BCUT2D eigenvalue weighted by Crippen LogP contribution is 2.13. The first-order valence-electron chi connectivity index (χ1n) is 5.17. The summed E-state index contributed by atoms with van der Waals surface area (Å²) in [5.74, 6) is 0. The second-order valence-corrected chi connectivity index (χ2v) is 3.13. The third-order valence-corrected chi connectivity index (χ3v) is 1.89. The van der Waals surface area contributed by atoms with Crippen LogP contribution in [0.4, 0.5) is 0 Å². The summed E-state index contributed by atoms with van der Waals surface area (Å²) in [4.78, 5) is 0. The molecule has 0 unspecified atom stereocenters. The molecule has 0 aliphatic heterocycles. The van der Waals surface area contributed by atoms with E-state index in [4.69, 9.17) is 0 Å². The first-order valence-corrected chi connectivity index (χ1v) is 5.17. The molecule has 0 spiro atoms. The second kappa shape index (κ2) is 9.01. The Bertz CT molecular complexity index is 309. The predicted octanol–water partition coefficient (Wildman–Crippen LogP) is 4.75. The van der Waals surface area contributed by atoms with E-state index in [0.29, 0.717) is 0 Å². The molecule has 0 atom stereocenters. The van der Waals surface area contributed by atoms with E-state index in [1.807, 2.05) is 50.3 Å². The van der Waals surface area contributed by atoms with Gasteiger partial charge in [0.15, 0.2) is 0 Å². The molecule has 0 aromatic heterocycles. The van der Waals surface area contributed by atoms with Crippen LogP contribution in [0.5, 0.6) is 0 Å². The zero-order chi connectivity index (χ0) is 11.5. The first kappa shape index (κ1) is 13.4. The molecule has 0 nitrogen and oxygen atoms in total. The van der Waals surface area contributed by atoms with Gasteiger partial charge in [0, 0.05) is 0 Å². The molecule has 0 fully saturated rings. The van der Waals surface area contributed by atoms with Crippen LogP contribution in [0, 0.1) is 0 Å². The van der Waals surface area contributed by atoms with E-state index in [0.717, 1.165) is 6.42 Å². The van der Waals surface area contributed by atoms with Crippen molar-refractivity contribution < 1.29 is 0 Å². The minimum Gasteiger partial charge on any atom is -0.0991 e. The molecule has 0 radical (unpaired) electrons. The fourth-order valence-corrected chi connectivity index (χ4v) is 1.19. The summed E-state index contributed by atoms with van der Waals surface area (Å²) >= 11 is 0. The highest BCUT2D eigenvalue weighted by Gasteiger charge is 1.94. The Morgan fingerprint density at radius 2 is 1.73 bits per heavy atom. The molecule has 0 amide bonds. The second-order valence-electron chi connectivity index (χ2n) is 3.13. The van der Waals surface area contributed by atoms with Crippen LogP contribution in [0.15, 0.2) is 72.9 Å². The molecule has 0 heteroatoms. The molecule has 0 aliphatic carbocycles. The maximum Gasteiger partial charge on any atom is -0.00261 e. The van der Waals surface area contributed by atoms with Crippen LogP contribution in [-0.4, -0.2) is 0 Å². The van der Waals surface area contributed by atoms with Crippen molar-refractivity contribution in [1.29, 1.82) is 0 Å². The van der Waals surface area contributed by atoms with Gasteiger partial charge in [-0.05, 0) is 31.4 Å². The molecular formula is C15H20. The summed E-state index contributed by atoms with van der Waals surface area (Å²) in [7, 11) is 0. The van der Waals surface area contributed by atoms with E-state index in [9.17, 15) is 0 Å². The lowest BCUT2D eigenvalue weighted by molar-refractivity contribution is 1.21. The van der Waals surface area contributed by atoms with Crippen LogP contribution < -0.4 is 0 Å². The van der Waals surface area contributed by atoms with Gasteiger partial charge in [-0.1, -0.05) is 61.8 Å². The quantitative estimate of drug-likeness (QED) is 0.543. The van der Waals surface area contributed by atoms with Crippen molar-refractivity contribution in [1.82, 2.24) is 0 Å². The molecule has 0 saturated carbocycles. The molecule has 0 heterocycles. The summed E-state index contributed by atoms with van der Waals surface area (Å²) in [6.07, 6.45) is 16.9. The monoisotopic (exact) mass is 200 g/mol. The average molecular weight is 200 g/mol. The molecule has 15 heavy (non-hydrogen) atoms. The van der Waals surface area contributed by atoms with Gasteiger partial charge in [0.2, 0.25) is 0 Å². The summed E-state index contributed by atoms with van der Waals surface area (Å²) < 4.78 is 0. The summed E-state index contributed by atoms with van der Waals surface area (Å²) in [5, 5.41) is 0. The van der Waals surface area contributed by atoms with E-state index < -0.39 is 0 Å². The Kier molecular flexibility index (Phi) is 8.08. The number of hydrogen-bond donors (Lipinski definition) is 0. The van der Waals surface area contributed by atoms with Crippen LogP contribution >= 0.6 is 0 Å². The van der Waals surface area contributed by atoms with Crippen molar-refractivity contribution in [3.63, 3.8) is 0 Å². The van der Waals surface area contributed by atoms with Gasteiger partial charge in [-0.15, -0.1) is 0 Å². The van der Waals surface area contributed by atoms with Gasteiger partial charge in [-0.25, -0.2) is 0 Å². The summed E-state index contributed by atoms with van der Waals surface area (Å²) in [6, 6.07) is 0. The Hall–Kier alpha value is -1.56. The molecule has 0 bridgehead atoms. The highest BCUT2D eigenvalue weighted by molar-refractivity contribution is 5.33. The third-order valence-electron chi connectivity index (χ3n) is 1.89. The molecule has 80 valence electrons. The van der Waals surface area contributed by atoms with E-state index in [1.54, 1.807) is 0 Å². The number of allylic oxidation sites excluding steroid dienone is 10. The van der Waals surface area contributed by atoms with Crippen molar-refractivity contribution in [3.05, 3.63) is 72.9 Å².